The average Bonchev–Trinajstić information content (AvgIpc) is 3.27. The van der Waals surface area contributed by atoms with E-state index in [9.17, 15) is 27.2 Å². The molecule has 0 aliphatic rings. The summed E-state index contributed by atoms with van der Waals surface area (Å²) < 4.78 is 54.7. The molecule has 2 amide bonds. The van der Waals surface area contributed by atoms with Crippen molar-refractivity contribution in [3.05, 3.63) is 57.4 Å². The van der Waals surface area contributed by atoms with Gasteiger partial charge < -0.3 is 15.4 Å². The summed E-state index contributed by atoms with van der Waals surface area (Å²) in [5.41, 5.74) is 0.432. The summed E-state index contributed by atoms with van der Waals surface area (Å²) in [6, 6.07) is 5.64. The fourth-order valence-corrected chi connectivity index (χ4v) is 3.77. The molecule has 186 valence electrons. The van der Waals surface area contributed by atoms with E-state index in [0.717, 1.165) is 36.0 Å². The first-order chi connectivity index (χ1) is 16.6. The van der Waals surface area contributed by atoms with Crippen LogP contribution in [0.3, 0.4) is 0 Å². The van der Waals surface area contributed by atoms with E-state index in [2.05, 4.69) is 35.8 Å². The van der Waals surface area contributed by atoms with Crippen LogP contribution in [0, 0.1) is 5.82 Å². The molecule has 0 bridgehead atoms. The topological polar surface area (TPSA) is 119 Å². The Morgan fingerprint density at radius 2 is 1.80 bits per heavy atom. The van der Waals surface area contributed by atoms with Gasteiger partial charge in [-0.25, -0.2) is 4.39 Å². The predicted molar refractivity (Wildman–Crippen MR) is 117 cm³/mol. The molecule has 0 atom stereocenters. The minimum Gasteiger partial charge on any atom is -0.406 e. The highest BCUT2D eigenvalue weighted by molar-refractivity contribution is 7.13. The van der Waals surface area contributed by atoms with E-state index in [0.29, 0.717) is 23.5 Å². The van der Waals surface area contributed by atoms with Crippen molar-refractivity contribution < 1.29 is 31.9 Å². The van der Waals surface area contributed by atoms with Crippen LogP contribution in [-0.4, -0.2) is 45.6 Å². The van der Waals surface area contributed by atoms with Gasteiger partial charge in [0.15, 0.2) is 5.82 Å². The largest absolute Gasteiger partial charge is 0.573 e. The van der Waals surface area contributed by atoms with Crippen molar-refractivity contribution in [1.82, 2.24) is 25.7 Å². The van der Waals surface area contributed by atoms with E-state index in [1.165, 1.54) is 24.5 Å². The molecule has 0 fully saturated rings. The first kappa shape index (κ1) is 25.9. The Balaban J connectivity index is 1.45. The van der Waals surface area contributed by atoms with Gasteiger partial charge in [0, 0.05) is 19.0 Å². The minimum atomic E-state index is -4.93. The number of nitrogens with zero attached hydrogens (tertiary/aromatic N) is 4. The summed E-state index contributed by atoms with van der Waals surface area (Å²) >= 11 is 1.24. The number of amides is 2. The van der Waals surface area contributed by atoms with Gasteiger partial charge in [0.1, 0.15) is 16.6 Å². The van der Waals surface area contributed by atoms with Crippen molar-refractivity contribution in [3.8, 4) is 5.75 Å². The molecule has 0 radical (unpaired) electrons. The number of carbonyl (C=O) groups excluding carboxylic acids is 2. The van der Waals surface area contributed by atoms with Crippen molar-refractivity contribution in [2.75, 3.05) is 12.4 Å². The van der Waals surface area contributed by atoms with Crippen molar-refractivity contribution in [2.24, 2.45) is 0 Å². The smallest absolute Gasteiger partial charge is 0.406 e. The number of hydrogen-bond acceptors (Lipinski definition) is 8. The maximum atomic E-state index is 13.9. The molecular formula is C21H20F4N6O3S. The molecular weight excluding hydrogens is 492 g/mol. The van der Waals surface area contributed by atoms with E-state index in [-0.39, 0.29) is 17.3 Å². The fourth-order valence-electron chi connectivity index (χ4n) is 2.94. The molecule has 0 saturated carbocycles. The monoisotopic (exact) mass is 512 g/mol. The Kier molecular flexibility index (Phi) is 8.63. The first-order valence-corrected chi connectivity index (χ1v) is 11.2. The number of ether oxygens (including phenoxy) is 1. The number of hydrogen-bond donors (Lipinski definition) is 2. The van der Waals surface area contributed by atoms with Crippen LogP contribution in [0.4, 0.5) is 23.4 Å². The Morgan fingerprint density at radius 1 is 1.03 bits per heavy atom. The number of nitrogens with one attached hydrogen (secondary N) is 2. The van der Waals surface area contributed by atoms with Gasteiger partial charge in [-0.15, -0.1) is 28.5 Å². The van der Waals surface area contributed by atoms with Gasteiger partial charge in [-0.1, -0.05) is 11.3 Å². The van der Waals surface area contributed by atoms with Crippen LogP contribution < -0.4 is 15.4 Å². The Morgan fingerprint density at radius 3 is 2.49 bits per heavy atom. The number of anilines is 1. The fraction of sp³-hybridized carbons (Fsp3) is 0.333. The molecule has 14 heteroatoms. The summed E-state index contributed by atoms with van der Waals surface area (Å²) in [5, 5.41) is 21.8. The van der Waals surface area contributed by atoms with Gasteiger partial charge in [0.2, 0.25) is 10.9 Å². The molecule has 2 aromatic heterocycles. The second-order valence-electron chi connectivity index (χ2n) is 7.22. The summed E-state index contributed by atoms with van der Waals surface area (Å²) in [4.78, 5) is 23.7. The lowest BCUT2D eigenvalue weighted by molar-refractivity contribution is -0.274. The molecule has 9 nitrogen and oxygen atoms in total. The number of alkyl halides is 3. The van der Waals surface area contributed by atoms with Crippen LogP contribution in [-0.2, 0) is 24.1 Å². The van der Waals surface area contributed by atoms with Crippen LogP contribution in [0.2, 0.25) is 0 Å². The normalized spacial score (nSPS) is 11.2. The van der Waals surface area contributed by atoms with E-state index in [1.54, 1.807) is 6.07 Å². The predicted octanol–water partition coefficient (Wildman–Crippen LogP) is 3.47. The van der Waals surface area contributed by atoms with Crippen LogP contribution in [0.5, 0.6) is 5.75 Å². The van der Waals surface area contributed by atoms with Gasteiger partial charge >= 0.3 is 6.36 Å². The third-order valence-corrected chi connectivity index (χ3v) is 5.53. The van der Waals surface area contributed by atoms with E-state index in [4.69, 9.17) is 0 Å². The SMILES string of the molecule is CNC(=O)c1nnc(CCCCc2ccc(NC(=O)Cc3cc(OC(F)(F)F)ccc3F)nn2)s1. The molecule has 0 saturated heterocycles. The molecule has 0 unspecified atom stereocenters. The maximum absolute atomic E-state index is 13.9. The molecule has 1 aromatic carbocycles. The number of aryl methyl sites for hydroxylation is 2. The van der Waals surface area contributed by atoms with Gasteiger partial charge in [-0.3, -0.25) is 9.59 Å². The van der Waals surface area contributed by atoms with E-state index >= 15 is 0 Å². The molecule has 0 aliphatic heterocycles. The molecule has 0 aliphatic carbocycles. The van der Waals surface area contributed by atoms with Crippen molar-refractivity contribution in [3.63, 3.8) is 0 Å². The number of halogens is 4. The molecule has 3 rings (SSSR count). The minimum absolute atomic E-state index is 0.123. The molecule has 35 heavy (non-hydrogen) atoms. The Labute approximate surface area is 200 Å². The van der Waals surface area contributed by atoms with E-state index < -0.39 is 30.3 Å². The quantitative estimate of drug-likeness (QED) is 0.315. The Bertz CT molecular complexity index is 1170. The zero-order valence-electron chi connectivity index (χ0n) is 18.4. The number of carbonyl (C=O) groups is 2. The highest BCUT2D eigenvalue weighted by Crippen LogP contribution is 2.25. The lowest BCUT2D eigenvalue weighted by Crippen LogP contribution is -2.18. The second-order valence-corrected chi connectivity index (χ2v) is 8.29. The maximum Gasteiger partial charge on any atom is 0.573 e. The summed E-state index contributed by atoms with van der Waals surface area (Å²) in [5.74, 6) is -2.29. The number of benzene rings is 1. The van der Waals surface area contributed by atoms with Gasteiger partial charge in [-0.05, 0) is 49.6 Å². The van der Waals surface area contributed by atoms with Gasteiger partial charge in [0.05, 0.1) is 12.1 Å². The molecule has 2 N–H and O–H groups in total. The highest BCUT2D eigenvalue weighted by atomic mass is 32.1. The van der Waals surface area contributed by atoms with Crippen molar-refractivity contribution >= 4 is 29.0 Å². The third-order valence-electron chi connectivity index (χ3n) is 4.55. The first-order valence-electron chi connectivity index (χ1n) is 10.3. The molecule has 0 spiro atoms. The number of aromatic nitrogens is 4. The van der Waals surface area contributed by atoms with Crippen LogP contribution >= 0.6 is 11.3 Å². The summed E-state index contributed by atoms with van der Waals surface area (Å²) in [6.07, 6.45) is -2.57. The lowest BCUT2D eigenvalue weighted by atomic mass is 10.1. The van der Waals surface area contributed by atoms with Gasteiger partial charge in [-0.2, -0.15) is 5.10 Å². The average molecular weight is 512 g/mol. The lowest BCUT2D eigenvalue weighted by Gasteiger charge is -2.11. The van der Waals surface area contributed by atoms with Crippen LogP contribution in [0.25, 0.3) is 0 Å². The number of rotatable bonds is 10. The standard InChI is InChI=1S/C21H20F4N6O3S/c1-26-19(33)20-31-30-18(35-20)5-3-2-4-13-6-9-16(29-28-13)27-17(32)11-12-10-14(7-8-15(12)22)34-21(23,24)25/h6-10H,2-5,11H2,1H3,(H,26,33)(H,27,29,32). The van der Waals surface area contributed by atoms with Crippen molar-refractivity contribution in [2.45, 2.75) is 38.5 Å². The van der Waals surface area contributed by atoms with Gasteiger partial charge in [0.25, 0.3) is 5.91 Å². The van der Waals surface area contributed by atoms with Crippen LogP contribution in [0.15, 0.2) is 30.3 Å². The summed E-state index contributed by atoms with van der Waals surface area (Å²) in [6.45, 7) is 0. The van der Waals surface area contributed by atoms with Crippen molar-refractivity contribution in [1.29, 1.82) is 0 Å². The van der Waals surface area contributed by atoms with E-state index in [1.807, 2.05) is 0 Å². The Hall–Kier alpha value is -3.68. The number of unbranched alkanes of at least 4 members (excludes halogenated alkanes) is 1. The molecule has 3 aromatic rings. The molecule has 2 heterocycles. The highest BCUT2D eigenvalue weighted by Gasteiger charge is 2.31. The third kappa shape index (κ3) is 8.24. The zero-order chi connectivity index (χ0) is 25.4. The zero-order valence-corrected chi connectivity index (χ0v) is 19.2. The second kappa shape index (κ2) is 11.6. The van der Waals surface area contributed by atoms with Crippen LogP contribution in [0.1, 0.15) is 38.9 Å². The summed E-state index contributed by atoms with van der Waals surface area (Å²) in [7, 11) is 1.52.